The maximum atomic E-state index is 12.2. The van der Waals surface area contributed by atoms with Gasteiger partial charge < -0.3 is 10.6 Å². The second-order valence-electron chi connectivity index (χ2n) is 4.58. The first-order chi connectivity index (χ1) is 9.47. The fourth-order valence-corrected chi connectivity index (χ4v) is 2.74. The van der Waals surface area contributed by atoms with Crippen LogP contribution in [0.1, 0.15) is 5.69 Å². The molecule has 0 saturated carbocycles. The van der Waals surface area contributed by atoms with E-state index >= 15 is 0 Å². The quantitative estimate of drug-likeness (QED) is 0.691. The Balaban J connectivity index is 1.98. The fourth-order valence-electron chi connectivity index (χ4n) is 1.80. The fraction of sp³-hybridized carbons (Fsp3) is 0.286. The summed E-state index contributed by atoms with van der Waals surface area (Å²) in [6.45, 7) is 1.94. The lowest BCUT2D eigenvalue weighted by atomic mass is 10.2. The zero-order valence-corrected chi connectivity index (χ0v) is 12.6. The Morgan fingerprint density at radius 2 is 2.05 bits per heavy atom. The van der Waals surface area contributed by atoms with E-state index in [1.807, 2.05) is 32.2 Å². The number of nitrogens with two attached hydrogens (primary N) is 1. The summed E-state index contributed by atoms with van der Waals surface area (Å²) < 4.78 is 1.79. The Bertz CT molecular complexity index is 606. The number of amides is 1. The number of aromatic nitrogens is 2. The van der Waals surface area contributed by atoms with Crippen molar-refractivity contribution in [2.45, 2.75) is 11.9 Å². The van der Waals surface area contributed by atoms with E-state index in [1.54, 1.807) is 28.8 Å². The van der Waals surface area contributed by atoms with Gasteiger partial charge >= 0.3 is 0 Å². The van der Waals surface area contributed by atoms with Crippen LogP contribution in [0.5, 0.6) is 0 Å². The molecule has 0 aliphatic carbocycles. The van der Waals surface area contributed by atoms with Crippen LogP contribution in [0.3, 0.4) is 0 Å². The highest BCUT2D eigenvalue weighted by molar-refractivity contribution is 7.99. The third kappa shape index (κ3) is 3.33. The molecule has 2 N–H and O–H groups in total. The standard InChI is InChI=1S/C14H18N4OS/c1-10-8-14(18(3)16-10)20-9-13(19)17(2)12-6-4-11(15)5-7-12/h4-8H,9,15H2,1-3H3. The molecule has 0 atom stereocenters. The number of benzene rings is 1. The van der Waals surface area contributed by atoms with Gasteiger partial charge in [0, 0.05) is 25.5 Å². The third-order valence-electron chi connectivity index (χ3n) is 2.96. The molecule has 1 amide bonds. The number of nitrogen functional groups attached to an aromatic ring is 1. The van der Waals surface area contributed by atoms with E-state index in [1.165, 1.54) is 11.8 Å². The molecule has 2 aromatic rings. The minimum absolute atomic E-state index is 0.0404. The summed E-state index contributed by atoms with van der Waals surface area (Å²) in [5, 5.41) is 5.25. The number of carbonyl (C=O) groups excluding carboxylic acids is 1. The first kappa shape index (κ1) is 14.5. The molecule has 1 heterocycles. The lowest BCUT2D eigenvalue weighted by Crippen LogP contribution is -2.27. The van der Waals surface area contributed by atoms with E-state index in [2.05, 4.69) is 5.10 Å². The van der Waals surface area contributed by atoms with Crippen molar-refractivity contribution in [1.82, 2.24) is 9.78 Å². The molecular formula is C14H18N4OS. The van der Waals surface area contributed by atoms with Crippen LogP contribution >= 0.6 is 11.8 Å². The number of carbonyl (C=O) groups is 1. The Hall–Kier alpha value is -1.95. The average Bonchev–Trinajstić information content (AvgIpc) is 2.74. The van der Waals surface area contributed by atoms with Crippen LogP contribution in [0.25, 0.3) is 0 Å². The van der Waals surface area contributed by atoms with Gasteiger partial charge in [0.15, 0.2) is 0 Å². The summed E-state index contributed by atoms with van der Waals surface area (Å²) in [4.78, 5) is 13.8. The summed E-state index contributed by atoms with van der Waals surface area (Å²) in [7, 11) is 3.65. The SMILES string of the molecule is Cc1cc(SCC(=O)N(C)c2ccc(N)cc2)n(C)n1. The number of aryl methyl sites for hydroxylation is 2. The number of anilines is 2. The second-order valence-corrected chi connectivity index (χ2v) is 5.58. The predicted molar refractivity (Wildman–Crippen MR) is 82.9 cm³/mol. The lowest BCUT2D eigenvalue weighted by molar-refractivity contribution is -0.115. The van der Waals surface area contributed by atoms with Crippen molar-refractivity contribution in [3.05, 3.63) is 36.0 Å². The largest absolute Gasteiger partial charge is 0.399 e. The van der Waals surface area contributed by atoms with Crippen molar-refractivity contribution in [3.63, 3.8) is 0 Å². The van der Waals surface area contributed by atoms with Crippen LogP contribution < -0.4 is 10.6 Å². The minimum atomic E-state index is 0.0404. The van der Waals surface area contributed by atoms with Gasteiger partial charge in [-0.1, -0.05) is 11.8 Å². The molecule has 1 aromatic heterocycles. The van der Waals surface area contributed by atoms with Crippen molar-refractivity contribution in [2.75, 3.05) is 23.4 Å². The van der Waals surface area contributed by atoms with Gasteiger partial charge in [-0.15, -0.1) is 0 Å². The first-order valence-electron chi connectivity index (χ1n) is 6.23. The van der Waals surface area contributed by atoms with E-state index in [4.69, 9.17) is 5.73 Å². The molecular weight excluding hydrogens is 272 g/mol. The van der Waals surface area contributed by atoms with Crippen molar-refractivity contribution in [1.29, 1.82) is 0 Å². The van der Waals surface area contributed by atoms with Crippen LogP contribution in [0.2, 0.25) is 0 Å². The highest BCUT2D eigenvalue weighted by Gasteiger charge is 2.12. The molecule has 106 valence electrons. The first-order valence-corrected chi connectivity index (χ1v) is 7.21. The van der Waals surface area contributed by atoms with Crippen LogP contribution in [0.4, 0.5) is 11.4 Å². The molecule has 5 nitrogen and oxygen atoms in total. The van der Waals surface area contributed by atoms with Gasteiger partial charge in [0.05, 0.1) is 16.5 Å². The molecule has 1 aromatic carbocycles. The highest BCUT2D eigenvalue weighted by atomic mass is 32.2. The van der Waals surface area contributed by atoms with Crippen molar-refractivity contribution in [2.24, 2.45) is 7.05 Å². The zero-order chi connectivity index (χ0) is 14.7. The highest BCUT2D eigenvalue weighted by Crippen LogP contribution is 2.20. The van der Waals surface area contributed by atoms with E-state index < -0.39 is 0 Å². The van der Waals surface area contributed by atoms with Gasteiger partial charge in [-0.2, -0.15) is 5.10 Å². The second kappa shape index (κ2) is 6.00. The van der Waals surface area contributed by atoms with E-state index in [0.717, 1.165) is 16.4 Å². The molecule has 20 heavy (non-hydrogen) atoms. The number of thioether (sulfide) groups is 1. The van der Waals surface area contributed by atoms with Gasteiger partial charge in [-0.25, -0.2) is 0 Å². The number of hydrogen-bond acceptors (Lipinski definition) is 4. The molecule has 0 radical (unpaired) electrons. The Labute approximate surface area is 122 Å². The predicted octanol–water partition coefficient (Wildman–Crippen LogP) is 2.07. The lowest BCUT2D eigenvalue weighted by Gasteiger charge is -2.17. The Morgan fingerprint density at radius 3 is 2.60 bits per heavy atom. The van der Waals surface area contributed by atoms with Gasteiger partial charge in [-0.05, 0) is 37.3 Å². The Kier molecular flexibility index (Phi) is 4.34. The molecule has 0 aliphatic heterocycles. The van der Waals surface area contributed by atoms with Gasteiger partial charge in [-0.3, -0.25) is 9.48 Å². The monoisotopic (exact) mass is 290 g/mol. The number of nitrogens with zero attached hydrogens (tertiary/aromatic N) is 3. The van der Waals surface area contributed by atoms with Gasteiger partial charge in [0.1, 0.15) is 0 Å². The summed E-state index contributed by atoms with van der Waals surface area (Å²) in [6, 6.07) is 9.23. The smallest absolute Gasteiger partial charge is 0.237 e. The van der Waals surface area contributed by atoms with E-state index in [9.17, 15) is 4.79 Å². The van der Waals surface area contributed by atoms with Crippen molar-refractivity contribution >= 4 is 29.0 Å². The number of rotatable bonds is 4. The summed E-state index contributed by atoms with van der Waals surface area (Å²) >= 11 is 1.49. The third-order valence-corrected chi connectivity index (χ3v) is 4.03. The van der Waals surface area contributed by atoms with Crippen LogP contribution in [-0.4, -0.2) is 28.5 Å². The topological polar surface area (TPSA) is 64.2 Å². The van der Waals surface area contributed by atoms with Crippen molar-refractivity contribution < 1.29 is 4.79 Å². The van der Waals surface area contributed by atoms with Gasteiger partial charge in [0.25, 0.3) is 0 Å². The average molecular weight is 290 g/mol. The van der Waals surface area contributed by atoms with Crippen molar-refractivity contribution in [3.8, 4) is 0 Å². The van der Waals surface area contributed by atoms with Gasteiger partial charge in [0.2, 0.25) is 5.91 Å². The zero-order valence-electron chi connectivity index (χ0n) is 11.8. The van der Waals surface area contributed by atoms with Crippen LogP contribution in [0, 0.1) is 6.92 Å². The minimum Gasteiger partial charge on any atom is -0.399 e. The van der Waals surface area contributed by atoms with Crippen LogP contribution in [-0.2, 0) is 11.8 Å². The number of hydrogen-bond donors (Lipinski definition) is 1. The molecule has 0 unspecified atom stereocenters. The molecule has 0 aliphatic rings. The van der Waals surface area contributed by atoms with Crippen LogP contribution in [0.15, 0.2) is 35.4 Å². The normalized spacial score (nSPS) is 10.6. The molecule has 0 spiro atoms. The Morgan fingerprint density at radius 1 is 1.40 bits per heavy atom. The van der Waals surface area contributed by atoms with E-state index in [0.29, 0.717) is 11.4 Å². The van der Waals surface area contributed by atoms with E-state index in [-0.39, 0.29) is 5.91 Å². The maximum Gasteiger partial charge on any atom is 0.237 e. The molecule has 0 fully saturated rings. The molecule has 2 rings (SSSR count). The summed E-state index contributed by atoms with van der Waals surface area (Å²) in [6.07, 6.45) is 0. The maximum absolute atomic E-state index is 12.2. The molecule has 0 bridgehead atoms. The molecule has 0 saturated heterocycles. The summed E-state index contributed by atoms with van der Waals surface area (Å²) in [5.41, 5.74) is 8.12. The summed E-state index contributed by atoms with van der Waals surface area (Å²) in [5.74, 6) is 0.415. The molecule has 6 heteroatoms.